The van der Waals surface area contributed by atoms with Crippen LogP contribution >= 0.6 is 0 Å². The molecule has 1 aromatic heterocycles. The first-order valence-electron chi connectivity index (χ1n) is 14.5. The van der Waals surface area contributed by atoms with Gasteiger partial charge in [-0.3, -0.25) is 4.79 Å². The zero-order valence-corrected chi connectivity index (χ0v) is 24.5. The number of nitrogens with one attached hydrogen (secondary N) is 3. The molecule has 3 aromatic carbocycles. The Morgan fingerprint density at radius 2 is 1.68 bits per heavy atom. The lowest BCUT2D eigenvalue weighted by Crippen LogP contribution is -2.53. The van der Waals surface area contributed by atoms with Crippen LogP contribution in [0.5, 0.6) is 0 Å². The highest BCUT2D eigenvalue weighted by Gasteiger charge is 2.33. The number of urea groups is 1. The van der Waals surface area contributed by atoms with Gasteiger partial charge in [-0.25, -0.2) is 4.79 Å². The summed E-state index contributed by atoms with van der Waals surface area (Å²) < 4.78 is 0. The van der Waals surface area contributed by atoms with E-state index in [0.717, 1.165) is 52.7 Å². The van der Waals surface area contributed by atoms with Crippen molar-refractivity contribution in [3.63, 3.8) is 0 Å². The summed E-state index contributed by atoms with van der Waals surface area (Å²) in [6.45, 7) is 6.14. The second-order valence-corrected chi connectivity index (χ2v) is 11.5. The Kier molecular flexibility index (Phi) is 8.74. The summed E-state index contributed by atoms with van der Waals surface area (Å²) in [6, 6.07) is 23.6. The molecule has 0 aliphatic carbocycles. The van der Waals surface area contributed by atoms with E-state index < -0.39 is 6.04 Å². The molecule has 3 amide bonds. The van der Waals surface area contributed by atoms with E-state index in [0.29, 0.717) is 19.0 Å². The number of anilines is 1. The molecule has 0 unspecified atom stereocenters. The lowest BCUT2D eigenvalue weighted by molar-refractivity contribution is -0.118. The summed E-state index contributed by atoms with van der Waals surface area (Å²) in [5.41, 5.74) is 6.28. The van der Waals surface area contributed by atoms with Crippen molar-refractivity contribution in [3.8, 4) is 0 Å². The molecular weight excluding hydrogens is 510 g/mol. The number of carbonyl (C=O) groups excluding carboxylic acids is 2. The SMILES string of the molecule is Cc1c(CN(C)C)cccc1NC(=O)[C@H](NC(=O)N1CCC(c2ccccc2)CC1)[C@@H](C)c1c[nH]c2ccccc12. The third kappa shape index (κ3) is 6.46. The van der Waals surface area contributed by atoms with Gasteiger partial charge in [0.1, 0.15) is 6.04 Å². The number of aromatic nitrogens is 1. The van der Waals surface area contributed by atoms with E-state index in [1.165, 1.54) is 5.56 Å². The van der Waals surface area contributed by atoms with Crippen molar-refractivity contribution in [2.24, 2.45) is 0 Å². The molecule has 0 spiro atoms. The van der Waals surface area contributed by atoms with E-state index >= 15 is 0 Å². The normalized spacial score (nSPS) is 15.6. The fourth-order valence-electron chi connectivity index (χ4n) is 5.97. The van der Waals surface area contributed by atoms with Crippen molar-refractivity contribution in [2.75, 3.05) is 32.5 Å². The van der Waals surface area contributed by atoms with Crippen LogP contribution in [0, 0.1) is 6.92 Å². The number of hydrogen-bond acceptors (Lipinski definition) is 3. The van der Waals surface area contributed by atoms with Gasteiger partial charge in [-0.1, -0.05) is 67.6 Å². The third-order valence-electron chi connectivity index (χ3n) is 8.42. The molecule has 1 aliphatic heterocycles. The van der Waals surface area contributed by atoms with Crippen molar-refractivity contribution < 1.29 is 9.59 Å². The number of H-pyrrole nitrogens is 1. The van der Waals surface area contributed by atoms with Gasteiger partial charge in [-0.05, 0) is 74.2 Å². The number of amides is 3. The minimum atomic E-state index is -0.759. The summed E-state index contributed by atoms with van der Waals surface area (Å²) in [5.74, 6) is -0.0375. The van der Waals surface area contributed by atoms with Crippen LogP contribution in [0.15, 0.2) is 79.0 Å². The number of nitrogens with zero attached hydrogens (tertiary/aromatic N) is 2. The highest BCUT2D eigenvalue weighted by Crippen LogP contribution is 2.31. The van der Waals surface area contributed by atoms with Crippen LogP contribution in [0.25, 0.3) is 10.9 Å². The van der Waals surface area contributed by atoms with Crippen LogP contribution in [0.4, 0.5) is 10.5 Å². The smallest absolute Gasteiger partial charge is 0.318 e. The van der Waals surface area contributed by atoms with Gasteiger partial charge in [0, 0.05) is 48.3 Å². The number of fused-ring (bicyclic) bond motifs is 1. The first-order valence-corrected chi connectivity index (χ1v) is 14.5. The molecule has 0 saturated carbocycles. The van der Waals surface area contributed by atoms with Crippen molar-refractivity contribution in [1.29, 1.82) is 0 Å². The Labute approximate surface area is 242 Å². The number of carbonyl (C=O) groups is 2. The zero-order valence-electron chi connectivity index (χ0n) is 24.5. The summed E-state index contributed by atoms with van der Waals surface area (Å²) in [4.78, 5) is 34.9. The molecule has 7 heteroatoms. The molecule has 214 valence electrons. The number of piperidine rings is 1. The molecule has 1 aliphatic rings. The van der Waals surface area contributed by atoms with Crippen LogP contribution in [0.3, 0.4) is 0 Å². The fraction of sp³-hybridized carbons (Fsp3) is 0.353. The average Bonchev–Trinajstić information content (AvgIpc) is 3.42. The van der Waals surface area contributed by atoms with E-state index in [-0.39, 0.29) is 17.9 Å². The zero-order chi connectivity index (χ0) is 28.9. The van der Waals surface area contributed by atoms with Gasteiger partial charge in [-0.15, -0.1) is 0 Å². The van der Waals surface area contributed by atoms with E-state index in [2.05, 4.69) is 56.9 Å². The maximum absolute atomic E-state index is 14.0. The Morgan fingerprint density at radius 1 is 0.976 bits per heavy atom. The van der Waals surface area contributed by atoms with Crippen molar-refractivity contribution in [3.05, 3.63) is 101 Å². The number of benzene rings is 3. The Hall–Kier alpha value is -4.10. The van der Waals surface area contributed by atoms with E-state index in [1.54, 1.807) is 0 Å². The van der Waals surface area contributed by atoms with Gasteiger partial charge in [0.2, 0.25) is 5.91 Å². The van der Waals surface area contributed by atoms with Gasteiger partial charge in [0.05, 0.1) is 0 Å². The van der Waals surface area contributed by atoms with Crippen LogP contribution in [0.1, 0.15) is 53.9 Å². The number of hydrogen-bond donors (Lipinski definition) is 3. The molecule has 5 rings (SSSR count). The predicted molar refractivity (Wildman–Crippen MR) is 166 cm³/mol. The Balaban J connectivity index is 1.36. The molecule has 3 N–H and O–H groups in total. The van der Waals surface area contributed by atoms with Crippen molar-refractivity contribution >= 4 is 28.5 Å². The highest BCUT2D eigenvalue weighted by atomic mass is 16.2. The summed E-state index contributed by atoms with van der Waals surface area (Å²) in [5, 5.41) is 7.34. The van der Waals surface area contributed by atoms with Crippen molar-refractivity contribution in [1.82, 2.24) is 20.1 Å². The Bertz CT molecular complexity index is 1490. The van der Waals surface area contributed by atoms with Gasteiger partial charge in [-0.2, -0.15) is 0 Å². The Morgan fingerprint density at radius 3 is 2.41 bits per heavy atom. The summed E-state index contributed by atoms with van der Waals surface area (Å²) >= 11 is 0. The van der Waals surface area contributed by atoms with Crippen LogP contribution in [-0.2, 0) is 11.3 Å². The molecular formula is C34H41N5O2. The first-order chi connectivity index (χ1) is 19.8. The molecule has 0 radical (unpaired) electrons. The van der Waals surface area contributed by atoms with Gasteiger partial charge < -0.3 is 25.4 Å². The minimum Gasteiger partial charge on any atom is -0.361 e. The monoisotopic (exact) mass is 551 g/mol. The number of likely N-dealkylation sites (tertiary alicyclic amines) is 1. The van der Waals surface area contributed by atoms with Gasteiger partial charge in [0.15, 0.2) is 0 Å². The summed E-state index contributed by atoms with van der Waals surface area (Å²) in [7, 11) is 4.06. The molecule has 2 heterocycles. The molecule has 1 fully saturated rings. The molecule has 41 heavy (non-hydrogen) atoms. The van der Waals surface area contributed by atoms with Crippen LogP contribution < -0.4 is 10.6 Å². The predicted octanol–water partition coefficient (Wildman–Crippen LogP) is 6.24. The standard InChI is InChI=1S/C34H41N5O2/c1-23-27(22-38(3)4)13-10-16-30(23)36-33(40)32(24(2)29-21-35-31-15-9-8-14-28(29)31)37-34(41)39-19-17-26(18-20-39)25-11-6-5-7-12-25/h5-16,21,24,26,32,35H,17-20,22H2,1-4H3,(H,36,40)(H,37,41)/t24-,32+/m0/s1. The molecule has 4 aromatic rings. The van der Waals surface area contributed by atoms with Crippen LogP contribution in [-0.4, -0.2) is 59.9 Å². The molecule has 0 bridgehead atoms. The van der Waals surface area contributed by atoms with Crippen LogP contribution in [0.2, 0.25) is 0 Å². The first kappa shape index (κ1) is 28.4. The molecule has 7 nitrogen and oxygen atoms in total. The second kappa shape index (κ2) is 12.6. The van der Waals surface area contributed by atoms with Crippen molar-refractivity contribution in [2.45, 2.75) is 51.1 Å². The minimum absolute atomic E-state index is 0.193. The second-order valence-electron chi connectivity index (χ2n) is 11.5. The highest BCUT2D eigenvalue weighted by molar-refractivity contribution is 5.99. The lowest BCUT2D eigenvalue weighted by atomic mass is 9.89. The van der Waals surface area contributed by atoms with Gasteiger partial charge in [0.25, 0.3) is 0 Å². The molecule has 2 atom stereocenters. The maximum atomic E-state index is 14.0. The molecule has 1 saturated heterocycles. The number of aromatic amines is 1. The third-order valence-corrected chi connectivity index (χ3v) is 8.42. The average molecular weight is 552 g/mol. The lowest BCUT2D eigenvalue weighted by Gasteiger charge is -2.34. The maximum Gasteiger partial charge on any atom is 0.318 e. The van der Waals surface area contributed by atoms with E-state index in [4.69, 9.17) is 0 Å². The topological polar surface area (TPSA) is 80.5 Å². The van der Waals surface area contributed by atoms with E-state index in [1.807, 2.05) is 75.4 Å². The quantitative estimate of drug-likeness (QED) is 0.243. The largest absolute Gasteiger partial charge is 0.361 e. The fourth-order valence-corrected chi connectivity index (χ4v) is 5.97. The number of para-hydroxylation sites is 1. The van der Waals surface area contributed by atoms with Gasteiger partial charge >= 0.3 is 6.03 Å². The number of rotatable bonds is 8. The van der Waals surface area contributed by atoms with E-state index in [9.17, 15) is 9.59 Å². The summed E-state index contributed by atoms with van der Waals surface area (Å²) in [6.07, 6.45) is 3.77.